The van der Waals surface area contributed by atoms with Gasteiger partial charge < -0.3 is 10.4 Å². The summed E-state index contributed by atoms with van der Waals surface area (Å²) < 4.78 is 14.3. The van der Waals surface area contributed by atoms with E-state index in [1.165, 1.54) is 6.07 Å². The Labute approximate surface area is 114 Å². The molecule has 18 heavy (non-hydrogen) atoms. The highest BCUT2D eigenvalue weighted by atomic mass is 79.9. The predicted molar refractivity (Wildman–Crippen MR) is 69.6 cm³/mol. The lowest BCUT2D eigenvalue weighted by atomic mass is 10.1. The van der Waals surface area contributed by atoms with Crippen LogP contribution in [0.2, 0.25) is 0 Å². The third-order valence-corrected chi connectivity index (χ3v) is 3.82. The third kappa shape index (κ3) is 2.90. The molecular weight excluding hydrogens is 301 g/mol. The Hall–Kier alpha value is -0.940. The first-order valence-electron chi connectivity index (χ1n) is 5.90. The highest BCUT2D eigenvalue weighted by Crippen LogP contribution is 2.45. The van der Waals surface area contributed by atoms with Crippen molar-refractivity contribution in [2.24, 2.45) is 5.41 Å². The standard InChI is InChI=1S/C13H15BrFNO2/c14-10-1-2-11(15)9(7-10)3-6-16-12(18)13(8-17)4-5-13/h1-2,7,17H,3-6,8H2,(H,16,18). The average Bonchev–Trinajstić information content (AvgIpc) is 3.14. The molecule has 98 valence electrons. The number of carbonyl (C=O) groups is 1. The van der Waals surface area contributed by atoms with Gasteiger partial charge in [-0.05, 0) is 43.0 Å². The number of halogens is 2. The number of rotatable bonds is 5. The fourth-order valence-electron chi connectivity index (χ4n) is 1.84. The van der Waals surface area contributed by atoms with Crippen molar-refractivity contribution in [2.45, 2.75) is 19.3 Å². The number of aliphatic hydroxyl groups is 1. The summed E-state index contributed by atoms with van der Waals surface area (Å²) in [4.78, 5) is 11.7. The SMILES string of the molecule is O=C(NCCc1cc(Br)ccc1F)C1(CO)CC1. The van der Waals surface area contributed by atoms with Crippen molar-refractivity contribution in [3.05, 3.63) is 34.1 Å². The van der Waals surface area contributed by atoms with Gasteiger partial charge in [-0.25, -0.2) is 4.39 Å². The number of hydrogen-bond acceptors (Lipinski definition) is 2. The molecule has 2 rings (SSSR count). The van der Waals surface area contributed by atoms with Crippen LogP contribution in [0.25, 0.3) is 0 Å². The summed E-state index contributed by atoms with van der Waals surface area (Å²) >= 11 is 3.28. The van der Waals surface area contributed by atoms with Crippen LogP contribution in [0.3, 0.4) is 0 Å². The third-order valence-electron chi connectivity index (χ3n) is 3.33. The molecule has 5 heteroatoms. The van der Waals surface area contributed by atoms with Crippen LogP contribution >= 0.6 is 15.9 Å². The number of hydrogen-bond donors (Lipinski definition) is 2. The van der Waals surface area contributed by atoms with E-state index in [2.05, 4.69) is 21.2 Å². The van der Waals surface area contributed by atoms with Crippen molar-refractivity contribution in [2.75, 3.05) is 13.2 Å². The molecule has 0 unspecified atom stereocenters. The van der Waals surface area contributed by atoms with Gasteiger partial charge >= 0.3 is 0 Å². The zero-order valence-electron chi connectivity index (χ0n) is 9.88. The maximum atomic E-state index is 13.4. The topological polar surface area (TPSA) is 49.3 Å². The lowest BCUT2D eigenvalue weighted by Crippen LogP contribution is -2.35. The lowest BCUT2D eigenvalue weighted by molar-refractivity contribution is -0.127. The van der Waals surface area contributed by atoms with E-state index in [0.717, 1.165) is 17.3 Å². The molecule has 1 saturated carbocycles. The van der Waals surface area contributed by atoms with Crippen LogP contribution in [0, 0.1) is 11.2 Å². The molecule has 0 aromatic heterocycles. The number of amides is 1. The van der Waals surface area contributed by atoms with E-state index < -0.39 is 5.41 Å². The Morgan fingerprint density at radius 2 is 2.22 bits per heavy atom. The van der Waals surface area contributed by atoms with Crippen LogP contribution < -0.4 is 5.32 Å². The van der Waals surface area contributed by atoms with E-state index in [1.54, 1.807) is 12.1 Å². The molecule has 0 spiro atoms. The lowest BCUT2D eigenvalue weighted by Gasteiger charge is -2.12. The van der Waals surface area contributed by atoms with Gasteiger partial charge in [0.15, 0.2) is 0 Å². The maximum Gasteiger partial charge on any atom is 0.228 e. The summed E-state index contributed by atoms with van der Waals surface area (Å²) in [6.07, 6.45) is 1.92. The molecule has 3 nitrogen and oxygen atoms in total. The Kier molecular flexibility index (Phi) is 4.02. The van der Waals surface area contributed by atoms with Gasteiger partial charge in [-0.3, -0.25) is 4.79 Å². The number of aliphatic hydroxyl groups excluding tert-OH is 1. The second-order valence-electron chi connectivity index (χ2n) is 4.68. The van der Waals surface area contributed by atoms with Gasteiger partial charge in [-0.15, -0.1) is 0 Å². The molecule has 1 aromatic rings. The molecule has 1 amide bonds. The van der Waals surface area contributed by atoms with Crippen LogP contribution in [0.1, 0.15) is 18.4 Å². The number of nitrogens with one attached hydrogen (secondary N) is 1. The van der Waals surface area contributed by atoms with E-state index in [0.29, 0.717) is 18.5 Å². The van der Waals surface area contributed by atoms with Gasteiger partial charge in [0, 0.05) is 11.0 Å². The van der Waals surface area contributed by atoms with Gasteiger partial charge in [0.2, 0.25) is 5.91 Å². The van der Waals surface area contributed by atoms with Crippen molar-refractivity contribution in [3.63, 3.8) is 0 Å². The smallest absolute Gasteiger partial charge is 0.228 e. The van der Waals surface area contributed by atoms with E-state index in [1.807, 2.05) is 0 Å². The summed E-state index contributed by atoms with van der Waals surface area (Å²) in [6.45, 7) is 0.276. The number of benzene rings is 1. The van der Waals surface area contributed by atoms with Crippen molar-refractivity contribution >= 4 is 21.8 Å². The predicted octanol–water partition coefficient (Wildman–Crippen LogP) is 2.02. The zero-order chi connectivity index (χ0) is 13.2. The van der Waals surface area contributed by atoms with Crippen molar-refractivity contribution in [3.8, 4) is 0 Å². The van der Waals surface area contributed by atoms with E-state index >= 15 is 0 Å². The van der Waals surface area contributed by atoms with Crippen LogP contribution in [0.4, 0.5) is 4.39 Å². The monoisotopic (exact) mass is 315 g/mol. The molecular formula is C13H15BrFNO2. The largest absolute Gasteiger partial charge is 0.395 e. The first kappa shape index (κ1) is 13.5. The molecule has 2 N–H and O–H groups in total. The molecule has 1 aromatic carbocycles. The summed E-state index contributed by atoms with van der Waals surface area (Å²) in [6, 6.07) is 4.75. The molecule has 0 bridgehead atoms. The van der Waals surface area contributed by atoms with Gasteiger partial charge in [0.1, 0.15) is 5.82 Å². The molecule has 1 aliphatic rings. The van der Waals surface area contributed by atoms with E-state index in [4.69, 9.17) is 5.11 Å². The molecule has 0 aliphatic heterocycles. The van der Waals surface area contributed by atoms with Gasteiger partial charge in [-0.1, -0.05) is 15.9 Å². The summed E-state index contributed by atoms with van der Waals surface area (Å²) in [5, 5.41) is 11.8. The minimum absolute atomic E-state index is 0.107. The zero-order valence-corrected chi connectivity index (χ0v) is 11.5. The van der Waals surface area contributed by atoms with Crippen LogP contribution in [0.5, 0.6) is 0 Å². The van der Waals surface area contributed by atoms with Crippen molar-refractivity contribution in [1.29, 1.82) is 0 Å². The first-order chi connectivity index (χ1) is 8.57. The van der Waals surface area contributed by atoms with E-state index in [-0.39, 0.29) is 18.3 Å². The first-order valence-corrected chi connectivity index (χ1v) is 6.70. The second-order valence-corrected chi connectivity index (χ2v) is 5.60. The molecule has 1 aliphatic carbocycles. The van der Waals surface area contributed by atoms with Gasteiger partial charge in [-0.2, -0.15) is 0 Å². The second kappa shape index (κ2) is 5.36. The number of carbonyl (C=O) groups excluding carboxylic acids is 1. The fraction of sp³-hybridized carbons (Fsp3) is 0.462. The minimum atomic E-state index is -0.560. The maximum absolute atomic E-state index is 13.4. The van der Waals surface area contributed by atoms with Crippen LogP contribution in [-0.4, -0.2) is 24.2 Å². The van der Waals surface area contributed by atoms with Crippen molar-refractivity contribution < 1.29 is 14.3 Å². The molecule has 0 saturated heterocycles. The fourth-order valence-corrected chi connectivity index (χ4v) is 2.25. The van der Waals surface area contributed by atoms with E-state index in [9.17, 15) is 9.18 Å². The minimum Gasteiger partial charge on any atom is -0.395 e. The Balaban J connectivity index is 1.85. The quantitative estimate of drug-likeness (QED) is 0.873. The Morgan fingerprint density at radius 1 is 1.50 bits per heavy atom. The normalized spacial score (nSPS) is 16.4. The molecule has 0 atom stereocenters. The van der Waals surface area contributed by atoms with Gasteiger partial charge in [0.25, 0.3) is 0 Å². The average molecular weight is 316 g/mol. The Bertz CT molecular complexity index is 460. The van der Waals surface area contributed by atoms with Gasteiger partial charge in [0.05, 0.1) is 12.0 Å². The van der Waals surface area contributed by atoms with Crippen LogP contribution in [0.15, 0.2) is 22.7 Å². The summed E-state index contributed by atoms with van der Waals surface area (Å²) in [7, 11) is 0. The molecule has 0 heterocycles. The molecule has 1 fully saturated rings. The Morgan fingerprint density at radius 3 is 2.83 bits per heavy atom. The summed E-state index contributed by atoms with van der Waals surface area (Å²) in [5.74, 6) is -0.392. The van der Waals surface area contributed by atoms with Crippen LogP contribution in [-0.2, 0) is 11.2 Å². The summed E-state index contributed by atoms with van der Waals surface area (Å²) in [5.41, 5.74) is 0.00837. The van der Waals surface area contributed by atoms with Crippen molar-refractivity contribution in [1.82, 2.24) is 5.32 Å². The highest BCUT2D eigenvalue weighted by Gasteiger charge is 2.49. The highest BCUT2D eigenvalue weighted by molar-refractivity contribution is 9.10. The molecule has 0 radical (unpaired) electrons.